The van der Waals surface area contributed by atoms with Gasteiger partial charge in [-0.3, -0.25) is 9.59 Å². The highest BCUT2D eigenvalue weighted by Gasteiger charge is 2.65. The maximum absolute atomic E-state index is 12.1. The normalized spacial score (nSPS) is 27.7. The molecule has 0 aliphatic heterocycles. The smallest absolute Gasteiger partial charge is 0.248 e. The number of fused-ring (bicyclic) bond motifs is 1. The van der Waals surface area contributed by atoms with Gasteiger partial charge in [0.2, 0.25) is 5.91 Å². The standard InChI is InChI=1S/C19H21NO2/c1-12(17-15(21)11-14-18(17)19(14,2)3)20-16(22)10-9-13-7-5-4-6-8-13/h4-10,14,18H,11H2,1-3H3,(H,20,22)/t14-,18+/m1/s1. The highest BCUT2D eigenvalue weighted by molar-refractivity contribution is 6.02. The second-order valence-corrected chi connectivity index (χ2v) is 6.80. The van der Waals surface area contributed by atoms with Gasteiger partial charge in [-0.15, -0.1) is 0 Å². The van der Waals surface area contributed by atoms with Crippen LogP contribution in [0.3, 0.4) is 0 Å². The molecule has 1 aromatic rings. The van der Waals surface area contributed by atoms with Crippen molar-refractivity contribution in [3.8, 4) is 0 Å². The van der Waals surface area contributed by atoms with Crippen molar-refractivity contribution in [2.75, 3.05) is 0 Å². The maximum Gasteiger partial charge on any atom is 0.248 e. The summed E-state index contributed by atoms with van der Waals surface area (Å²) in [7, 11) is 0. The van der Waals surface area contributed by atoms with Crippen molar-refractivity contribution < 1.29 is 9.59 Å². The molecule has 0 radical (unpaired) electrons. The molecule has 2 aliphatic carbocycles. The Morgan fingerprint density at radius 1 is 1.27 bits per heavy atom. The van der Waals surface area contributed by atoms with Crippen LogP contribution < -0.4 is 5.32 Å². The molecule has 0 spiro atoms. The first-order valence-corrected chi connectivity index (χ1v) is 7.69. The molecule has 114 valence electrons. The van der Waals surface area contributed by atoms with Crippen molar-refractivity contribution in [1.82, 2.24) is 5.32 Å². The molecule has 2 atom stereocenters. The van der Waals surface area contributed by atoms with Crippen LogP contribution in [0.25, 0.3) is 6.08 Å². The summed E-state index contributed by atoms with van der Waals surface area (Å²) in [5.41, 5.74) is 2.72. The number of Topliss-reactive ketones (excluding diaryl/α,β-unsaturated/α-hetero) is 1. The van der Waals surface area contributed by atoms with Gasteiger partial charge < -0.3 is 5.32 Å². The molecule has 1 N–H and O–H groups in total. The largest absolute Gasteiger partial charge is 0.326 e. The molecule has 0 saturated heterocycles. The molecule has 2 saturated carbocycles. The van der Waals surface area contributed by atoms with Crippen molar-refractivity contribution in [1.29, 1.82) is 0 Å². The van der Waals surface area contributed by atoms with Crippen molar-refractivity contribution in [2.24, 2.45) is 17.3 Å². The van der Waals surface area contributed by atoms with Gasteiger partial charge in [0, 0.05) is 23.8 Å². The molecule has 3 heteroatoms. The van der Waals surface area contributed by atoms with Crippen LogP contribution in [0, 0.1) is 17.3 Å². The van der Waals surface area contributed by atoms with Gasteiger partial charge in [0.1, 0.15) is 0 Å². The van der Waals surface area contributed by atoms with E-state index < -0.39 is 0 Å². The van der Waals surface area contributed by atoms with Gasteiger partial charge in [-0.05, 0) is 35.8 Å². The fourth-order valence-electron chi connectivity index (χ4n) is 3.65. The number of ketones is 1. The zero-order valence-corrected chi connectivity index (χ0v) is 13.2. The molecule has 1 aromatic carbocycles. The topological polar surface area (TPSA) is 46.2 Å². The molecule has 2 aliphatic rings. The van der Waals surface area contributed by atoms with E-state index in [-0.39, 0.29) is 17.1 Å². The second kappa shape index (κ2) is 5.24. The summed E-state index contributed by atoms with van der Waals surface area (Å²) in [6, 6.07) is 9.67. The zero-order chi connectivity index (χ0) is 15.9. The van der Waals surface area contributed by atoms with Crippen molar-refractivity contribution >= 4 is 17.8 Å². The number of benzene rings is 1. The number of allylic oxidation sites excluding steroid dienone is 2. The predicted octanol–water partition coefficient (Wildman–Crippen LogP) is 3.34. The summed E-state index contributed by atoms with van der Waals surface area (Å²) in [4.78, 5) is 24.1. The molecular weight excluding hydrogens is 274 g/mol. The van der Waals surface area contributed by atoms with Crippen LogP contribution in [-0.4, -0.2) is 11.7 Å². The van der Waals surface area contributed by atoms with E-state index in [2.05, 4.69) is 19.2 Å². The van der Waals surface area contributed by atoms with Crippen LogP contribution in [0.15, 0.2) is 47.7 Å². The van der Waals surface area contributed by atoms with Gasteiger partial charge in [0.15, 0.2) is 5.78 Å². The Labute approximate surface area is 131 Å². The molecule has 22 heavy (non-hydrogen) atoms. The van der Waals surface area contributed by atoms with E-state index in [1.807, 2.05) is 37.3 Å². The van der Waals surface area contributed by atoms with Crippen molar-refractivity contribution in [2.45, 2.75) is 27.2 Å². The van der Waals surface area contributed by atoms with Crippen LogP contribution in [0.2, 0.25) is 0 Å². The van der Waals surface area contributed by atoms with Gasteiger partial charge in [-0.25, -0.2) is 0 Å². The molecular formula is C19H21NO2. The molecule has 3 rings (SSSR count). The van der Waals surface area contributed by atoms with Crippen molar-refractivity contribution in [3.05, 3.63) is 53.2 Å². The fraction of sp³-hybridized carbons (Fsp3) is 0.368. The van der Waals surface area contributed by atoms with Gasteiger partial charge in [0.25, 0.3) is 0 Å². The summed E-state index contributed by atoms with van der Waals surface area (Å²) in [5, 5.41) is 2.85. The number of carbonyl (C=O) groups excluding carboxylic acids is 2. The van der Waals surface area contributed by atoms with Gasteiger partial charge in [-0.2, -0.15) is 0 Å². The lowest BCUT2D eigenvalue weighted by Crippen LogP contribution is -2.23. The number of rotatable bonds is 3. The number of nitrogens with one attached hydrogen (secondary N) is 1. The Morgan fingerprint density at radius 2 is 1.95 bits per heavy atom. The predicted molar refractivity (Wildman–Crippen MR) is 86.7 cm³/mol. The molecule has 1 amide bonds. The third-order valence-corrected chi connectivity index (χ3v) is 5.01. The Bertz CT molecular complexity index is 683. The molecule has 3 nitrogen and oxygen atoms in total. The SMILES string of the molecule is CC(NC(=O)C=Cc1ccccc1)=C1C(=O)C[C@@H]2[C@@H]1C2(C)C. The van der Waals surface area contributed by atoms with E-state index in [4.69, 9.17) is 0 Å². The van der Waals surface area contributed by atoms with E-state index in [9.17, 15) is 9.59 Å². The molecule has 0 unspecified atom stereocenters. The number of hydrogen-bond acceptors (Lipinski definition) is 2. The number of carbonyl (C=O) groups is 2. The molecule has 2 fully saturated rings. The lowest BCUT2D eigenvalue weighted by Gasteiger charge is -2.13. The van der Waals surface area contributed by atoms with Crippen LogP contribution in [0.1, 0.15) is 32.8 Å². The summed E-state index contributed by atoms with van der Waals surface area (Å²) >= 11 is 0. The van der Waals surface area contributed by atoms with E-state index in [0.29, 0.717) is 24.0 Å². The first-order valence-electron chi connectivity index (χ1n) is 7.69. The second-order valence-electron chi connectivity index (χ2n) is 6.80. The van der Waals surface area contributed by atoms with Crippen LogP contribution in [-0.2, 0) is 9.59 Å². The van der Waals surface area contributed by atoms with E-state index in [0.717, 1.165) is 11.1 Å². The van der Waals surface area contributed by atoms with Crippen LogP contribution in [0.4, 0.5) is 0 Å². The highest BCUT2D eigenvalue weighted by Crippen LogP contribution is 2.68. The van der Waals surface area contributed by atoms with Gasteiger partial charge in [0.05, 0.1) is 0 Å². The van der Waals surface area contributed by atoms with E-state index in [1.54, 1.807) is 6.08 Å². The minimum atomic E-state index is -0.191. The first kappa shape index (κ1) is 14.8. The van der Waals surface area contributed by atoms with Gasteiger partial charge in [-0.1, -0.05) is 44.2 Å². The van der Waals surface area contributed by atoms with Crippen molar-refractivity contribution in [3.63, 3.8) is 0 Å². The van der Waals surface area contributed by atoms with E-state index in [1.165, 1.54) is 6.08 Å². The zero-order valence-electron chi connectivity index (χ0n) is 13.2. The molecule has 0 aromatic heterocycles. The maximum atomic E-state index is 12.1. The van der Waals surface area contributed by atoms with Crippen LogP contribution >= 0.6 is 0 Å². The summed E-state index contributed by atoms with van der Waals surface area (Å²) in [6.07, 6.45) is 3.90. The lowest BCUT2D eigenvalue weighted by atomic mass is 9.95. The Kier molecular flexibility index (Phi) is 3.51. The Morgan fingerprint density at radius 3 is 2.59 bits per heavy atom. The lowest BCUT2D eigenvalue weighted by molar-refractivity contribution is -0.115. The summed E-state index contributed by atoms with van der Waals surface area (Å²) in [6.45, 7) is 6.22. The minimum Gasteiger partial charge on any atom is -0.326 e. The quantitative estimate of drug-likeness (QED) is 0.869. The van der Waals surface area contributed by atoms with Crippen LogP contribution in [0.5, 0.6) is 0 Å². The fourth-order valence-corrected chi connectivity index (χ4v) is 3.65. The summed E-state index contributed by atoms with van der Waals surface area (Å²) in [5.74, 6) is 0.780. The number of hydrogen-bond donors (Lipinski definition) is 1. The minimum absolute atomic E-state index is 0.191. The third kappa shape index (κ3) is 2.52. The Hall–Kier alpha value is -2.16. The molecule has 0 bridgehead atoms. The third-order valence-electron chi connectivity index (χ3n) is 5.01. The Balaban J connectivity index is 1.70. The van der Waals surface area contributed by atoms with Gasteiger partial charge >= 0.3 is 0 Å². The van der Waals surface area contributed by atoms with E-state index >= 15 is 0 Å². The first-order chi connectivity index (χ1) is 10.4. The highest BCUT2D eigenvalue weighted by atomic mass is 16.1. The average Bonchev–Trinajstić information content (AvgIpc) is 2.84. The summed E-state index contributed by atoms with van der Waals surface area (Å²) < 4.78 is 0. The molecule has 0 heterocycles. The number of amides is 1. The monoisotopic (exact) mass is 295 g/mol. The average molecular weight is 295 g/mol.